The number of aromatic nitrogens is 4. The van der Waals surface area contributed by atoms with Gasteiger partial charge in [-0.25, -0.2) is 14.4 Å². The maximum absolute atomic E-state index is 13.2. The number of aryl methyl sites for hydroxylation is 1. The van der Waals surface area contributed by atoms with Crippen molar-refractivity contribution >= 4 is 11.2 Å². The van der Waals surface area contributed by atoms with Crippen LogP contribution in [0.5, 0.6) is 0 Å². The summed E-state index contributed by atoms with van der Waals surface area (Å²) >= 11 is 0. The van der Waals surface area contributed by atoms with Gasteiger partial charge in [0.25, 0.3) is 5.56 Å². The monoisotopic (exact) mass is 272 g/mol. The van der Waals surface area contributed by atoms with Gasteiger partial charge in [0.05, 0.1) is 6.33 Å². The zero-order valence-electron chi connectivity index (χ0n) is 10.9. The molecule has 0 unspecified atom stereocenters. The second-order valence-electron chi connectivity index (χ2n) is 4.54. The van der Waals surface area contributed by atoms with Crippen LogP contribution in [-0.4, -0.2) is 19.5 Å². The third-order valence-corrected chi connectivity index (χ3v) is 3.11. The molecule has 1 aromatic carbocycles. The van der Waals surface area contributed by atoms with Crippen LogP contribution in [0.3, 0.4) is 0 Å². The van der Waals surface area contributed by atoms with Gasteiger partial charge in [-0.05, 0) is 17.7 Å². The van der Waals surface area contributed by atoms with Gasteiger partial charge in [0.2, 0.25) is 0 Å². The molecule has 102 valence electrons. The van der Waals surface area contributed by atoms with Gasteiger partial charge in [-0.2, -0.15) is 0 Å². The summed E-state index contributed by atoms with van der Waals surface area (Å²) in [5.74, 6) is 0.311. The van der Waals surface area contributed by atoms with E-state index in [4.69, 9.17) is 0 Å². The molecule has 6 heteroatoms. The molecule has 0 spiro atoms. The number of benzene rings is 1. The van der Waals surface area contributed by atoms with Crippen LogP contribution in [0.1, 0.15) is 18.3 Å². The van der Waals surface area contributed by atoms with Gasteiger partial charge in [-0.3, -0.25) is 4.79 Å². The summed E-state index contributed by atoms with van der Waals surface area (Å²) in [6.07, 6.45) is 2.19. The summed E-state index contributed by atoms with van der Waals surface area (Å²) in [6.45, 7) is 2.29. The molecule has 0 aliphatic heterocycles. The molecule has 0 aliphatic rings. The van der Waals surface area contributed by atoms with Gasteiger partial charge in [-0.15, -0.1) is 0 Å². The van der Waals surface area contributed by atoms with Crippen LogP contribution in [0, 0.1) is 5.82 Å². The lowest BCUT2D eigenvalue weighted by molar-refractivity contribution is 0.624. The van der Waals surface area contributed by atoms with Crippen LogP contribution in [0.25, 0.3) is 11.2 Å². The molecule has 0 radical (unpaired) electrons. The number of nitrogens with one attached hydrogen (secondary N) is 1. The van der Waals surface area contributed by atoms with Crippen molar-refractivity contribution < 1.29 is 4.39 Å². The van der Waals surface area contributed by atoms with Crippen LogP contribution >= 0.6 is 0 Å². The predicted octanol–water partition coefficient (Wildman–Crippen LogP) is 1.87. The number of imidazole rings is 1. The van der Waals surface area contributed by atoms with Gasteiger partial charge in [0.1, 0.15) is 11.6 Å². The summed E-state index contributed by atoms with van der Waals surface area (Å²) in [4.78, 5) is 23.2. The fourth-order valence-corrected chi connectivity index (χ4v) is 2.15. The molecule has 0 atom stereocenters. The Morgan fingerprint density at radius 3 is 3.00 bits per heavy atom. The molecule has 2 aromatic heterocycles. The largest absolute Gasteiger partial charge is 0.320 e. The maximum atomic E-state index is 13.2. The minimum atomic E-state index is -0.299. The number of hydrogen-bond donors (Lipinski definition) is 1. The highest BCUT2D eigenvalue weighted by atomic mass is 19.1. The molecule has 2 heterocycles. The van der Waals surface area contributed by atoms with E-state index in [1.165, 1.54) is 12.1 Å². The van der Waals surface area contributed by atoms with E-state index in [2.05, 4.69) is 15.0 Å². The maximum Gasteiger partial charge on any atom is 0.277 e. The van der Waals surface area contributed by atoms with Crippen LogP contribution in [-0.2, 0) is 13.0 Å². The van der Waals surface area contributed by atoms with Crippen molar-refractivity contribution in [3.8, 4) is 0 Å². The minimum Gasteiger partial charge on any atom is -0.320 e. The van der Waals surface area contributed by atoms with E-state index in [0.717, 1.165) is 5.56 Å². The number of rotatable bonds is 3. The van der Waals surface area contributed by atoms with E-state index < -0.39 is 0 Å². The van der Waals surface area contributed by atoms with Gasteiger partial charge in [0, 0.05) is 13.0 Å². The highest BCUT2D eigenvalue weighted by Gasteiger charge is 2.10. The standard InChI is InChI=1S/C14H13FN4O/c1-2-11-17-13-12(14(20)18-11)19(8-16-13)7-9-4-3-5-10(15)6-9/h3-6,8H,2,7H2,1H3,(H,17,18,20). The third kappa shape index (κ3) is 2.20. The molecule has 0 fully saturated rings. The van der Waals surface area contributed by atoms with Gasteiger partial charge >= 0.3 is 0 Å². The SMILES string of the molecule is CCc1nc2ncn(Cc3cccc(F)c3)c2c(=O)[nH]1. The Labute approximate surface area is 114 Å². The van der Waals surface area contributed by atoms with Crippen molar-refractivity contribution in [3.05, 3.63) is 58.2 Å². The summed E-state index contributed by atoms with van der Waals surface area (Å²) in [5, 5.41) is 0. The van der Waals surface area contributed by atoms with Crippen molar-refractivity contribution in [1.82, 2.24) is 19.5 Å². The average molecular weight is 272 g/mol. The molecule has 0 saturated heterocycles. The van der Waals surface area contributed by atoms with Crippen LogP contribution < -0.4 is 5.56 Å². The Morgan fingerprint density at radius 2 is 2.25 bits per heavy atom. The molecule has 3 rings (SSSR count). The smallest absolute Gasteiger partial charge is 0.277 e. The van der Waals surface area contributed by atoms with Gasteiger partial charge in [0.15, 0.2) is 11.2 Å². The first-order chi connectivity index (χ1) is 9.67. The van der Waals surface area contributed by atoms with Crippen LogP contribution in [0.2, 0.25) is 0 Å². The molecule has 20 heavy (non-hydrogen) atoms. The molecule has 1 N–H and O–H groups in total. The van der Waals surface area contributed by atoms with E-state index in [1.54, 1.807) is 23.0 Å². The quantitative estimate of drug-likeness (QED) is 0.791. The second kappa shape index (κ2) is 4.88. The van der Waals surface area contributed by atoms with E-state index in [-0.39, 0.29) is 11.4 Å². The highest BCUT2D eigenvalue weighted by molar-refractivity contribution is 5.69. The van der Waals surface area contributed by atoms with Crippen molar-refractivity contribution in [2.45, 2.75) is 19.9 Å². The van der Waals surface area contributed by atoms with Crippen LogP contribution in [0.15, 0.2) is 35.4 Å². The number of aromatic amines is 1. The topological polar surface area (TPSA) is 63.6 Å². The molecular formula is C14H13FN4O. The molecule has 0 bridgehead atoms. The molecule has 5 nitrogen and oxygen atoms in total. The summed E-state index contributed by atoms with van der Waals surface area (Å²) in [7, 11) is 0. The van der Waals surface area contributed by atoms with Crippen molar-refractivity contribution in [2.24, 2.45) is 0 Å². The van der Waals surface area contributed by atoms with E-state index in [9.17, 15) is 9.18 Å². The minimum absolute atomic E-state index is 0.222. The fraction of sp³-hybridized carbons (Fsp3) is 0.214. The lowest BCUT2D eigenvalue weighted by Gasteiger charge is -2.04. The summed E-state index contributed by atoms with van der Waals surface area (Å²) in [6, 6.07) is 6.27. The number of hydrogen-bond acceptors (Lipinski definition) is 3. The molecule has 0 aliphatic carbocycles. The van der Waals surface area contributed by atoms with Gasteiger partial charge < -0.3 is 9.55 Å². The number of halogens is 1. The number of H-pyrrole nitrogens is 1. The van der Waals surface area contributed by atoms with Crippen LogP contribution in [0.4, 0.5) is 4.39 Å². The Morgan fingerprint density at radius 1 is 1.40 bits per heavy atom. The Bertz CT molecular complexity index is 821. The zero-order valence-corrected chi connectivity index (χ0v) is 10.9. The normalized spacial score (nSPS) is 11.1. The first-order valence-electron chi connectivity index (χ1n) is 6.36. The lowest BCUT2D eigenvalue weighted by atomic mass is 10.2. The third-order valence-electron chi connectivity index (χ3n) is 3.11. The average Bonchev–Trinajstić information content (AvgIpc) is 2.82. The van der Waals surface area contributed by atoms with E-state index >= 15 is 0 Å². The van der Waals surface area contributed by atoms with Gasteiger partial charge in [-0.1, -0.05) is 19.1 Å². The molecule has 3 aromatic rings. The molecule has 0 amide bonds. The molecule has 0 saturated carbocycles. The predicted molar refractivity (Wildman–Crippen MR) is 73.0 cm³/mol. The first kappa shape index (κ1) is 12.5. The summed E-state index contributed by atoms with van der Waals surface area (Å²) in [5.41, 5.74) is 1.37. The molecular weight excluding hydrogens is 259 g/mol. The van der Waals surface area contributed by atoms with Crippen molar-refractivity contribution in [2.75, 3.05) is 0 Å². The zero-order chi connectivity index (χ0) is 14.1. The number of nitrogens with zero attached hydrogens (tertiary/aromatic N) is 3. The second-order valence-corrected chi connectivity index (χ2v) is 4.54. The highest BCUT2D eigenvalue weighted by Crippen LogP contribution is 2.10. The Kier molecular flexibility index (Phi) is 3.06. The lowest BCUT2D eigenvalue weighted by Crippen LogP contribution is -2.15. The fourth-order valence-electron chi connectivity index (χ4n) is 2.15. The van der Waals surface area contributed by atoms with E-state index in [1.807, 2.05) is 6.92 Å². The number of fused-ring (bicyclic) bond motifs is 1. The Hall–Kier alpha value is -2.50. The van der Waals surface area contributed by atoms with Crippen molar-refractivity contribution in [1.29, 1.82) is 0 Å². The first-order valence-corrected chi connectivity index (χ1v) is 6.36. The summed E-state index contributed by atoms with van der Waals surface area (Å²) < 4.78 is 14.9. The van der Waals surface area contributed by atoms with Crippen molar-refractivity contribution in [3.63, 3.8) is 0 Å². The Balaban J connectivity index is 2.07. The van der Waals surface area contributed by atoms with E-state index in [0.29, 0.717) is 30.0 Å².